The van der Waals surface area contributed by atoms with Crippen LogP contribution in [0.4, 0.5) is 5.95 Å². The first-order valence-corrected chi connectivity index (χ1v) is 8.59. The average molecular weight is 369 g/mol. The van der Waals surface area contributed by atoms with E-state index in [1.165, 1.54) is 13.3 Å². The molecule has 3 aromatic rings. The maximum atomic E-state index is 13.0. The average Bonchev–Trinajstić information content (AvgIpc) is 3.25. The van der Waals surface area contributed by atoms with Gasteiger partial charge in [-0.25, -0.2) is 14.8 Å². The smallest absolute Gasteiger partial charge is 0.358 e. The van der Waals surface area contributed by atoms with Gasteiger partial charge < -0.3 is 15.4 Å². The number of nitrogens with one attached hydrogen (secondary N) is 1. The number of carbonyl (C=O) groups excluding carboxylic acids is 2. The fraction of sp³-hybridized carbons (Fsp3) is 0.353. The van der Waals surface area contributed by atoms with Crippen LogP contribution in [0.25, 0.3) is 11.2 Å². The molecule has 3 N–H and O–H groups in total. The van der Waals surface area contributed by atoms with E-state index in [-0.39, 0.29) is 18.1 Å². The molecule has 0 fully saturated rings. The van der Waals surface area contributed by atoms with E-state index < -0.39 is 5.97 Å². The molecule has 0 aliphatic carbocycles. The molecule has 10 heteroatoms. The Kier molecular flexibility index (Phi) is 4.02. The van der Waals surface area contributed by atoms with Gasteiger partial charge in [0.15, 0.2) is 11.3 Å². The predicted octanol–water partition coefficient (Wildman–Crippen LogP) is 0.742. The number of rotatable bonds is 3. The van der Waals surface area contributed by atoms with Crippen LogP contribution in [0.2, 0.25) is 0 Å². The van der Waals surface area contributed by atoms with E-state index in [1.807, 2.05) is 6.92 Å². The molecule has 0 saturated heterocycles. The lowest BCUT2D eigenvalue weighted by molar-refractivity contribution is 0.0586. The summed E-state index contributed by atoms with van der Waals surface area (Å²) in [5.41, 5.74) is 9.30. The minimum Gasteiger partial charge on any atom is -0.464 e. The highest BCUT2D eigenvalue weighted by Gasteiger charge is 2.29. The number of imidazole rings is 1. The van der Waals surface area contributed by atoms with Gasteiger partial charge in [-0.05, 0) is 13.0 Å². The molecule has 0 saturated carbocycles. The number of amides is 1. The van der Waals surface area contributed by atoms with Crippen LogP contribution in [0.1, 0.15) is 39.0 Å². The molecule has 140 valence electrons. The highest BCUT2D eigenvalue weighted by Crippen LogP contribution is 2.23. The van der Waals surface area contributed by atoms with Crippen molar-refractivity contribution in [1.82, 2.24) is 29.6 Å². The van der Waals surface area contributed by atoms with Crippen molar-refractivity contribution in [2.45, 2.75) is 26.4 Å². The van der Waals surface area contributed by atoms with Crippen molar-refractivity contribution in [1.29, 1.82) is 0 Å². The van der Waals surface area contributed by atoms with Gasteiger partial charge in [0.2, 0.25) is 5.95 Å². The maximum Gasteiger partial charge on any atom is 0.358 e. The lowest BCUT2D eigenvalue weighted by Crippen LogP contribution is -2.36. The highest BCUT2D eigenvalue weighted by atomic mass is 16.5. The van der Waals surface area contributed by atoms with Crippen LogP contribution in [0.3, 0.4) is 0 Å². The molecular weight excluding hydrogens is 350 g/mol. The van der Waals surface area contributed by atoms with Gasteiger partial charge in [-0.3, -0.25) is 14.5 Å². The molecule has 0 atom stereocenters. The number of aromatic amines is 1. The number of carbonyl (C=O) groups is 2. The molecule has 3 aromatic heterocycles. The van der Waals surface area contributed by atoms with Crippen LogP contribution in [0, 0.1) is 0 Å². The standard InChI is InChI=1S/C17H19N7O3/c1-3-24-14-12(20-17(24)18)6-9(7-19-14)15(25)23-5-4-11-10(8-23)13(22-21-11)16(26)27-2/h6-7H,3-5,8H2,1-2H3,(H2,18,20)(H,21,22). The largest absolute Gasteiger partial charge is 0.464 e. The number of aryl methyl sites for hydroxylation is 1. The normalized spacial score (nSPS) is 13.6. The van der Waals surface area contributed by atoms with Crippen molar-refractivity contribution in [3.05, 3.63) is 34.8 Å². The SMILES string of the molecule is CCn1c(N)nc2cc(C(=O)N3CCc4[nH]nc(C(=O)OC)c4C3)cnc21. The Hall–Kier alpha value is -3.43. The zero-order valence-electron chi connectivity index (χ0n) is 15.0. The van der Waals surface area contributed by atoms with Crippen LogP contribution >= 0.6 is 0 Å². The molecule has 0 spiro atoms. The van der Waals surface area contributed by atoms with Crippen LogP contribution in [-0.2, 0) is 24.2 Å². The monoisotopic (exact) mass is 369 g/mol. The van der Waals surface area contributed by atoms with E-state index in [2.05, 4.69) is 20.2 Å². The van der Waals surface area contributed by atoms with Gasteiger partial charge in [0.1, 0.15) is 5.52 Å². The van der Waals surface area contributed by atoms with E-state index >= 15 is 0 Å². The summed E-state index contributed by atoms with van der Waals surface area (Å²) in [5, 5.41) is 6.87. The molecule has 1 aliphatic rings. The Balaban J connectivity index is 1.63. The predicted molar refractivity (Wildman–Crippen MR) is 96.0 cm³/mol. The number of aromatic nitrogens is 5. The summed E-state index contributed by atoms with van der Waals surface area (Å²) in [6.07, 6.45) is 2.11. The number of methoxy groups -OCH3 is 1. The van der Waals surface area contributed by atoms with Crippen molar-refractivity contribution in [3.63, 3.8) is 0 Å². The summed E-state index contributed by atoms with van der Waals surface area (Å²) >= 11 is 0. The summed E-state index contributed by atoms with van der Waals surface area (Å²) in [6, 6.07) is 1.69. The third kappa shape index (κ3) is 2.69. The van der Waals surface area contributed by atoms with Gasteiger partial charge >= 0.3 is 5.97 Å². The van der Waals surface area contributed by atoms with Crippen molar-refractivity contribution < 1.29 is 14.3 Å². The number of nitrogen functional groups attached to an aromatic ring is 1. The topological polar surface area (TPSA) is 132 Å². The number of esters is 1. The highest BCUT2D eigenvalue weighted by molar-refractivity contribution is 5.97. The minimum atomic E-state index is -0.523. The molecular formula is C17H19N7O3. The molecule has 0 radical (unpaired) electrons. The Morgan fingerprint density at radius 1 is 1.41 bits per heavy atom. The summed E-state index contributed by atoms with van der Waals surface area (Å²) in [6.45, 7) is 3.39. The number of hydrogen-bond acceptors (Lipinski definition) is 7. The molecule has 0 bridgehead atoms. The Labute approximate surface area is 154 Å². The van der Waals surface area contributed by atoms with E-state index in [1.54, 1.807) is 15.5 Å². The van der Waals surface area contributed by atoms with Crippen LogP contribution in [0.5, 0.6) is 0 Å². The summed E-state index contributed by atoms with van der Waals surface area (Å²) in [5.74, 6) is -0.338. The number of hydrogen-bond donors (Lipinski definition) is 2. The van der Waals surface area contributed by atoms with Crippen LogP contribution < -0.4 is 5.73 Å². The number of ether oxygens (including phenoxy) is 1. The van der Waals surface area contributed by atoms with Gasteiger partial charge in [0.25, 0.3) is 5.91 Å². The zero-order valence-corrected chi connectivity index (χ0v) is 15.0. The zero-order chi connectivity index (χ0) is 19.1. The summed E-state index contributed by atoms with van der Waals surface area (Å²) < 4.78 is 6.54. The minimum absolute atomic E-state index is 0.184. The van der Waals surface area contributed by atoms with Crippen molar-refractivity contribution in [2.24, 2.45) is 0 Å². The van der Waals surface area contributed by atoms with Gasteiger partial charge in [-0.2, -0.15) is 5.10 Å². The number of fused-ring (bicyclic) bond motifs is 2. The third-order valence-electron chi connectivity index (χ3n) is 4.78. The molecule has 0 aromatic carbocycles. The first-order chi connectivity index (χ1) is 13.0. The fourth-order valence-corrected chi connectivity index (χ4v) is 3.37. The van der Waals surface area contributed by atoms with E-state index in [0.29, 0.717) is 47.7 Å². The van der Waals surface area contributed by atoms with Gasteiger partial charge in [0, 0.05) is 37.0 Å². The number of nitrogens with zero attached hydrogens (tertiary/aromatic N) is 5. The molecule has 1 aliphatic heterocycles. The molecule has 4 heterocycles. The molecule has 4 rings (SSSR count). The third-order valence-corrected chi connectivity index (χ3v) is 4.78. The van der Waals surface area contributed by atoms with E-state index in [4.69, 9.17) is 10.5 Å². The number of nitrogens with two attached hydrogens (primary N) is 1. The molecule has 0 unspecified atom stereocenters. The fourth-order valence-electron chi connectivity index (χ4n) is 3.37. The number of pyridine rings is 1. The Morgan fingerprint density at radius 3 is 2.96 bits per heavy atom. The maximum absolute atomic E-state index is 13.0. The first kappa shape index (κ1) is 17.0. The van der Waals surface area contributed by atoms with E-state index in [9.17, 15) is 9.59 Å². The molecule has 1 amide bonds. The lowest BCUT2D eigenvalue weighted by atomic mass is 10.0. The lowest BCUT2D eigenvalue weighted by Gasteiger charge is -2.27. The Bertz CT molecular complexity index is 1050. The summed E-state index contributed by atoms with van der Waals surface area (Å²) in [7, 11) is 1.30. The number of anilines is 1. The quantitative estimate of drug-likeness (QED) is 0.651. The van der Waals surface area contributed by atoms with Gasteiger partial charge in [-0.15, -0.1) is 0 Å². The summed E-state index contributed by atoms with van der Waals surface area (Å²) in [4.78, 5) is 35.1. The second-order valence-electron chi connectivity index (χ2n) is 6.28. The second kappa shape index (κ2) is 6.38. The first-order valence-electron chi connectivity index (χ1n) is 8.59. The second-order valence-corrected chi connectivity index (χ2v) is 6.28. The molecule has 10 nitrogen and oxygen atoms in total. The van der Waals surface area contributed by atoms with Crippen molar-refractivity contribution in [3.8, 4) is 0 Å². The van der Waals surface area contributed by atoms with Crippen molar-refractivity contribution >= 4 is 29.0 Å². The number of H-pyrrole nitrogens is 1. The van der Waals surface area contributed by atoms with Crippen LogP contribution in [0.15, 0.2) is 12.3 Å². The van der Waals surface area contributed by atoms with Gasteiger partial charge in [-0.1, -0.05) is 0 Å². The van der Waals surface area contributed by atoms with Crippen LogP contribution in [-0.4, -0.2) is 55.2 Å². The molecule has 27 heavy (non-hydrogen) atoms. The van der Waals surface area contributed by atoms with Gasteiger partial charge in [0.05, 0.1) is 19.2 Å². The van der Waals surface area contributed by atoms with Crippen molar-refractivity contribution in [2.75, 3.05) is 19.4 Å². The van der Waals surface area contributed by atoms with E-state index in [0.717, 1.165) is 5.69 Å². The Morgan fingerprint density at radius 2 is 2.22 bits per heavy atom.